The molecule has 1 rings (SSSR count). The molecule has 3 nitrogen and oxygen atoms in total. The first-order chi connectivity index (χ1) is 4.58. The van der Waals surface area contributed by atoms with Crippen molar-refractivity contribution >= 4 is 5.71 Å². The minimum absolute atomic E-state index is 0.520. The van der Waals surface area contributed by atoms with Crippen LogP contribution in [0.1, 0.15) is 13.8 Å². The Morgan fingerprint density at radius 2 is 2.20 bits per heavy atom. The Labute approximate surface area is 61.4 Å². The molecule has 0 aromatic rings. The zero-order chi connectivity index (χ0) is 7.78. The number of nitrogens with zero attached hydrogens (tertiary/aromatic N) is 2. The average molecular weight is 140 g/mol. The van der Waals surface area contributed by atoms with E-state index in [1.54, 1.807) is 0 Å². The van der Waals surface area contributed by atoms with Crippen LogP contribution in [0.4, 0.5) is 0 Å². The summed E-state index contributed by atoms with van der Waals surface area (Å²) in [5.41, 5.74) is 7.81. The second kappa shape index (κ2) is 2.18. The minimum atomic E-state index is 0.520. The van der Waals surface area contributed by atoms with Gasteiger partial charge in [0.1, 0.15) is 5.70 Å². The molecule has 0 bridgehead atoms. The topological polar surface area (TPSA) is 38.4 Å². The van der Waals surface area contributed by atoms with E-state index in [1.165, 1.54) is 5.70 Å². The number of quaternary nitrogens is 1. The van der Waals surface area contributed by atoms with Crippen LogP contribution >= 0.6 is 0 Å². The lowest BCUT2D eigenvalue weighted by Crippen LogP contribution is -2.39. The highest BCUT2D eigenvalue weighted by Crippen LogP contribution is 2.19. The fraction of sp³-hybridized carbons (Fsp3) is 0.571. The van der Waals surface area contributed by atoms with Gasteiger partial charge >= 0.3 is 0 Å². The largest absolute Gasteiger partial charge is 0.282 e. The smallest absolute Gasteiger partial charge is 0.158 e. The zero-order valence-corrected chi connectivity index (χ0v) is 6.76. The van der Waals surface area contributed by atoms with Gasteiger partial charge in [-0.2, -0.15) is 4.59 Å². The first-order valence-corrected chi connectivity index (χ1v) is 3.40. The van der Waals surface area contributed by atoms with Crippen LogP contribution in [0.3, 0.4) is 0 Å². The molecule has 0 aromatic heterocycles. The molecule has 2 N–H and O–H groups in total. The predicted molar refractivity (Wildman–Crippen MR) is 42.1 cm³/mol. The summed E-state index contributed by atoms with van der Waals surface area (Å²) in [4.78, 5) is 0. The Kier molecular flexibility index (Phi) is 1.62. The Morgan fingerprint density at radius 3 is 2.40 bits per heavy atom. The highest BCUT2D eigenvalue weighted by atomic mass is 15.6. The first-order valence-electron chi connectivity index (χ1n) is 3.40. The summed E-state index contributed by atoms with van der Waals surface area (Å²) >= 11 is 0. The Morgan fingerprint density at radius 1 is 1.60 bits per heavy atom. The molecule has 0 aliphatic carbocycles. The monoisotopic (exact) mass is 140 g/mol. The van der Waals surface area contributed by atoms with E-state index in [9.17, 15) is 0 Å². The molecule has 0 fully saturated rings. The van der Waals surface area contributed by atoms with E-state index < -0.39 is 0 Å². The van der Waals surface area contributed by atoms with Crippen LogP contribution in [-0.4, -0.2) is 24.0 Å². The molecule has 0 radical (unpaired) electrons. The van der Waals surface area contributed by atoms with Gasteiger partial charge in [-0.1, -0.05) is 5.10 Å². The van der Waals surface area contributed by atoms with Gasteiger partial charge in [0.15, 0.2) is 6.67 Å². The SMILES string of the molecule is CC1=CC(C)=N[N+]1(C)CN. The van der Waals surface area contributed by atoms with Gasteiger partial charge < -0.3 is 0 Å². The van der Waals surface area contributed by atoms with Crippen molar-refractivity contribution in [2.24, 2.45) is 10.8 Å². The first kappa shape index (κ1) is 7.44. The number of allylic oxidation sites excluding steroid dienone is 2. The Balaban J connectivity index is 2.93. The van der Waals surface area contributed by atoms with E-state index in [2.05, 4.69) is 11.2 Å². The summed E-state index contributed by atoms with van der Waals surface area (Å²) in [5.74, 6) is 0. The quantitative estimate of drug-likeness (QED) is 0.533. The normalized spacial score (nSPS) is 32.0. The van der Waals surface area contributed by atoms with E-state index in [0.717, 1.165) is 5.71 Å². The van der Waals surface area contributed by atoms with Gasteiger partial charge in [0.05, 0.1) is 12.8 Å². The molecule has 0 saturated heterocycles. The van der Waals surface area contributed by atoms with Crippen molar-refractivity contribution in [3.05, 3.63) is 11.8 Å². The second-order valence-corrected chi connectivity index (χ2v) is 2.85. The average Bonchev–Trinajstić information content (AvgIpc) is 2.09. The van der Waals surface area contributed by atoms with Gasteiger partial charge in [-0.15, -0.1) is 0 Å². The van der Waals surface area contributed by atoms with E-state index in [1.807, 2.05) is 20.9 Å². The molecule has 1 heterocycles. The summed E-state index contributed by atoms with van der Waals surface area (Å²) in [6.07, 6.45) is 2.06. The molecule has 56 valence electrons. The van der Waals surface area contributed by atoms with Crippen molar-refractivity contribution in [3.63, 3.8) is 0 Å². The van der Waals surface area contributed by atoms with Gasteiger partial charge in [-0.05, 0) is 6.92 Å². The van der Waals surface area contributed by atoms with E-state index in [4.69, 9.17) is 5.73 Å². The lowest BCUT2D eigenvalue weighted by Gasteiger charge is -2.21. The zero-order valence-electron chi connectivity index (χ0n) is 6.76. The van der Waals surface area contributed by atoms with Crippen LogP contribution in [0.15, 0.2) is 16.9 Å². The van der Waals surface area contributed by atoms with Gasteiger partial charge in [-0.25, -0.2) is 0 Å². The molecule has 3 heteroatoms. The van der Waals surface area contributed by atoms with Crippen molar-refractivity contribution in [1.82, 2.24) is 0 Å². The minimum Gasteiger partial charge on any atom is -0.282 e. The molecule has 1 atom stereocenters. The molecular formula is C7H14N3+. The maximum Gasteiger partial charge on any atom is 0.158 e. The predicted octanol–water partition coefficient (Wildman–Crippen LogP) is 0.643. The van der Waals surface area contributed by atoms with Gasteiger partial charge in [0.2, 0.25) is 0 Å². The molecule has 1 unspecified atom stereocenters. The molecular weight excluding hydrogens is 126 g/mol. The molecule has 1 aliphatic heterocycles. The maximum atomic E-state index is 5.54. The summed E-state index contributed by atoms with van der Waals surface area (Å²) in [6.45, 7) is 4.58. The third kappa shape index (κ3) is 0.978. The maximum absolute atomic E-state index is 5.54. The number of nitrogens with two attached hydrogens (primary N) is 1. The summed E-state index contributed by atoms with van der Waals surface area (Å²) < 4.78 is 0.520. The standard InChI is InChI=1S/C7H14N3/c1-6-4-7(2)10(3,5-8)9-6/h4H,5,8H2,1-3H3/q+1. The van der Waals surface area contributed by atoms with Crippen molar-refractivity contribution in [3.8, 4) is 0 Å². The highest BCUT2D eigenvalue weighted by Gasteiger charge is 2.27. The van der Waals surface area contributed by atoms with Crippen LogP contribution in [0, 0.1) is 0 Å². The Bertz CT molecular complexity index is 205. The van der Waals surface area contributed by atoms with Gasteiger partial charge in [0, 0.05) is 13.0 Å². The summed E-state index contributed by atoms with van der Waals surface area (Å²) in [5, 5.41) is 4.36. The summed E-state index contributed by atoms with van der Waals surface area (Å²) in [7, 11) is 2.00. The Hall–Kier alpha value is -0.670. The number of hydrogen-bond donors (Lipinski definition) is 1. The second-order valence-electron chi connectivity index (χ2n) is 2.85. The van der Waals surface area contributed by atoms with E-state index in [0.29, 0.717) is 11.3 Å². The van der Waals surface area contributed by atoms with Crippen LogP contribution in [0.5, 0.6) is 0 Å². The van der Waals surface area contributed by atoms with Crippen molar-refractivity contribution < 1.29 is 4.59 Å². The lowest BCUT2D eigenvalue weighted by molar-refractivity contribution is -0.876. The van der Waals surface area contributed by atoms with Gasteiger partial charge in [0.25, 0.3) is 0 Å². The molecule has 1 aliphatic rings. The van der Waals surface area contributed by atoms with Crippen molar-refractivity contribution in [2.45, 2.75) is 13.8 Å². The third-order valence-electron chi connectivity index (χ3n) is 1.91. The highest BCUT2D eigenvalue weighted by molar-refractivity contribution is 5.93. The number of rotatable bonds is 1. The van der Waals surface area contributed by atoms with Crippen molar-refractivity contribution in [2.75, 3.05) is 13.7 Å². The van der Waals surface area contributed by atoms with Crippen LogP contribution in [0.25, 0.3) is 0 Å². The molecule has 0 amide bonds. The lowest BCUT2D eigenvalue weighted by atomic mass is 10.3. The van der Waals surface area contributed by atoms with E-state index in [-0.39, 0.29) is 0 Å². The van der Waals surface area contributed by atoms with Gasteiger partial charge in [-0.3, -0.25) is 5.73 Å². The van der Waals surface area contributed by atoms with Crippen LogP contribution in [-0.2, 0) is 0 Å². The number of hydrogen-bond acceptors (Lipinski definition) is 2. The summed E-state index contributed by atoms with van der Waals surface area (Å²) in [6, 6.07) is 0. The van der Waals surface area contributed by atoms with Crippen LogP contribution < -0.4 is 5.73 Å². The van der Waals surface area contributed by atoms with Crippen LogP contribution in [0.2, 0.25) is 0 Å². The fourth-order valence-electron chi connectivity index (χ4n) is 1.08. The molecule has 10 heavy (non-hydrogen) atoms. The molecule has 0 saturated carbocycles. The molecule has 0 spiro atoms. The molecule has 0 aromatic carbocycles. The third-order valence-corrected chi connectivity index (χ3v) is 1.91. The van der Waals surface area contributed by atoms with Crippen molar-refractivity contribution in [1.29, 1.82) is 0 Å². The fourth-order valence-corrected chi connectivity index (χ4v) is 1.08. The van der Waals surface area contributed by atoms with E-state index >= 15 is 0 Å².